The van der Waals surface area contributed by atoms with Crippen LogP contribution in [0.15, 0.2) is 41.2 Å². The summed E-state index contributed by atoms with van der Waals surface area (Å²) in [7, 11) is 2.03. The fraction of sp³-hybridized carbons (Fsp3) is 0.308. The number of likely N-dealkylation sites (N-methyl/N-ethyl adjacent to an activating group) is 1. The fourth-order valence-electron chi connectivity index (χ4n) is 2.41. The highest BCUT2D eigenvalue weighted by Crippen LogP contribution is 2.46. The Hall–Kier alpha value is -1.77. The molecule has 0 spiro atoms. The monoisotopic (exact) mass is 216 g/mol. The molecule has 1 aliphatic rings. The number of anilines is 1. The summed E-state index contributed by atoms with van der Waals surface area (Å²) in [5.41, 5.74) is 3.60. The summed E-state index contributed by atoms with van der Waals surface area (Å²) < 4.78 is 0. The molecule has 1 heterocycles. The van der Waals surface area contributed by atoms with Gasteiger partial charge in [0, 0.05) is 23.8 Å². The third-order valence-corrected chi connectivity index (χ3v) is 3.24. The number of hydrogen-bond donors (Lipinski definition) is 1. The SMILES string of the molecule is CN1/C(=C/C=N\O)C(C)(C)c2ccccc21. The van der Waals surface area contributed by atoms with Crippen LogP contribution in [-0.4, -0.2) is 18.5 Å². The molecule has 16 heavy (non-hydrogen) atoms. The van der Waals surface area contributed by atoms with Gasteiger partial charge >= 0.3 is 0 Å². The summed E-state index contributed by atoms with van der Waals surface area (Å²) >= 11 is 0. The van der Waals surface area contributed by atoms with Crippen LogP contribution < -0.4 is 4.90 Å². The Morgan fingerprint density at radius 1 is 1.31 bits per heavy atom. The topological polar surface area (TPSA) is 35.8 Å². The Labute approximate surface area is 95.7 Å². The van der Waals surface area contributed by atoms with Gasteiger partial charge in [0.2, 0.25) is 0 Å². The van der Waals surface area contributed by atoms with Crippen LogP contribution in [0.1, 0.15) is 19.4 Å². The van der Waals surface area contributed by atoms with Gasteiger partial charge in [0.05, 0.1) is 6.21 Å². The molecule has 0 unspecified atom stereocenters. The van der Waals surface area contributed by atoms with Gasteiger partial charge in [0.1, 0.15) is 0 Å². The smallest absolute Gasteiger partial charge is 0.0679 e. The van der Waals surface area contributed by atoms with Gasteiger partial charge in [-0.25, -0.2) is 0 Å². The lowest BCUT2D eigenvalue weighted by molar-refractivity contribution is 0.322. The maximum Gasteiger partial charge on any atom is 0.0679 e. The standard InChI is InChI=1S/C13H16N2O/c1-13(2)10-6-4-5-7-11(10)15(3)12(13)8-9-14-16/h4-9,16H,1-3H3/b12-8+,14-9-. The summed E-state index contributed by atoms with van der Waals surface area (Å²) in [6.07, 6.45) is 3.26. The number of oxime groups is 1. The van der Waals surface area contributed by atoms with E-state index >= 15 is 0 Å². The van der Waals surface area contributed by atoms with Gasteiger partial charge in [-0.2, -0.15) is 0 Å². The van der Waals surface area contributed by atoms with Crippen LogP contribution in [0.5, 0.6) is 0 Å². The molecule has 0 fully saturated rings. The third-order valence-electron chi connectivity index (χ3n) is 3.24. The van der Waals surface area contributed by atoms with E-state index in [2.05, 4.69) is 42.1 Å². The van der Waals surface area contributed by atoms with Crippen molar-refractivity contribution in [3.05, 3.63) is 41.6 Å². The van der Waals surface area contributed by atoms with Gasteiger partial charge in [-0.3, -0.25) is 0 Å². The van der Waals surface area contributed by atoms with Crippen molar-refractivity contribution in [3.8, 4) is 0 Å². The minimum Gasteiger partial charge on any atom is -0.411 e. The van der Waals surface area contributed by atoms with Crippen LogP contribution in [-0.2, 0) is 5.41 Å². The van der Waals surface area contributed by atoms with Crippen molar-refractivity contribution in [2.45, 2.75) is 19.3 Å². The van der Waals surface area contributed by atoms with Gasteiger partial charge in [-0.15, -0.1) is 0 Å². The highest BCUT2D eigenvalue weighted by Gasteiger charge is 2.37. The molecule has 3 nitrogen and oxygen atoms in total. The second kappa shape index (κ2) is 3.67. The Kier molecular flexibility index (Phi) is 2.46. The third kappa shape index (κ3) is 1.40. The molecule has 0 aromatic heterocycles. The average Bonchev–Trinajstić information content (AvgIpc) is 2.46. The van der Waals surface area contributed by atoms with Crippen molar-refractivity contribution < 1.29 is 5.21 Å². The summed E-state index contributed by atoms with van der Waals surface area (Å²) in [5, 5.41) is 11.5. The Bertz CT molecular complexity index is 461. The van der Waals surface area contributed by atoms with E-state index in [9.17, 15) is 0 Å². The number of fused-ring (bicyclic) bond motifs is 1. The second-order valence-electron chi connectivity index (χ2n) is 4.52. The number of hydrogen-bond acceptors (Lipinski definition) is 3. The molecular weight excluding hydrogens is 200 g/mol. The maximum absolute atomic E-state index is 8.51. The van der Waals surface area contributed by atoms with Crippen LogP contribution in [0.3, 0.4) is 0 Å². The number of para-hydroxylation sites is 1. The normalized spacial score (nSPS) is 20.7. The summed E-state index contributed by atoms with van der Waals surface area (Å²) in [4.78, 5) is 2.14. The van der Waals surface area contributed by atoms with E-state index in [1.807, 2.05) is 19.2 Å². The first-order valence-electron chi connectivity index (χ1n) is 5.30. The molecule has 3 heteroatoms. The van der Waals surface area contributed by atoms with Crippen molar-refractivity contribution in [1.82, 2.24) is 0 Å². The molecule has 1 aliphatic heterocycles. The summed E-state index contributed by atoms with van der Waals surface area (Å²) in [6.45, 7) is 4.35. The van der Waals surface area contributed by atoms with E-state index in [4.69, 9.17) is 5.21 Å². The van der Waals surface area contributed by atoms with Gasteiger partial charge in [0.15, 0.2) is 0 Å². The van der Waals surface area contributed by atoms with Gasteiger partial charge in [-0.1, -0.05) is 37.2 Å². The molecular formula is C13H16N2O. The molecule has 0 aliphatic carbocycles. The first kappa shape index (κ1) is 10.7. The lowest BCUT2D eigenvalue weighted by Gasteiger charge is -2.23. The zero-order chi connectivity index (χ0) is 11.8. The van der Waals surface area contributed by atoms with Crippen molar-refractivity contribution >= 4 is 11.9 Å². The van der Waals surface area contributed by atoms with Gasteiger partial charge in [0.25, 0.3) is 0 Å². The molecule has 84 valence electrons. The lowest BCUT2D eigenvalue weighted by atomic mass is 9.84. The number of allylic oxidation sites excluding steroid dienone is 2. The summed E-state index contributed by atoms with van der Waals surface area (Å²) in [6, 6.07) is 8.34. The number of benzene rings is 1. The first-order valence-corrected chi connectivity index (χ1v) is 5.30. The van der Waals surface area contributed by atoms with E-state index in [-0.39, 0.29) is 5.41 Å². The zero-order valence-electron chi connectivity index (χ0n) is 9.81. The quantitative estimate of drug-likeness (QED) is 0.445. The predicted molar refractivity (Wildman–Crippen MR) is 66.2 cm³/mol. The van der Waals surface area contributed by atoms with E-state index in [0.29, 0.717) is 0 Å². The largest absolute Gasteiger partial charge is 0.411 e. The van der Waals surface area contributed by atoms with E-state index in [1.165, 1.54) is 17.5 Å². The lowest BCUT2D eigenvalue weighted by Crippen LogP contribution is -2.23. The molecule has 2 rings (SSSR count). The van der Waals surface area contributed by atoms with Crippen molar-refractivity contribution in [1.29, 1.82) is 0 Å². The van der Waals surface area contributed by atoms with Crippen LogP contribution in [0.4, 0.5) is 5.69 Å². The minimum atomic E-state index is -0.0491. The molecule has 0 saturated heterocycles. The molecule has 0 amide bonds. The van der Waals surface area contributed by atoms with Crippen molar-refractivity contribution in [2.24, 2.45) is 5.16 Å². The predicted octanol–water partition coefficient (Wildman–Crippen LogP) is 2.76. The van der Waals surface area contributed by atoms with Crippen LogP contribution in [0, 0.1) is 0 Å². The van der Waals surface area contributed by atoms with Gasteiger partial charge in [-0.05, 0) is 17.7 Å². The minimum absolute atomic E-state index is 0.0491. The summed E-state index contributed by atoms with van der Waals surface area (Å²) in [5.74, 6) is 0. The van der Waals surface area contributed by atoms with Gasteiger partial charge < -0.3 is 10.1 Å². The maximum atomic E-state index is 8.51. The zero-order valence-corrected chi connectivity index (χ0v) is 9.81. The van der Waals surface area contributed by atoms with E-state index < -0.39 is 0 Å². The molecule has 1 N–H and O–H groups in total. The fourth-order valence-corrected chi connectivity index (χ4v) is 2.41. The van der Waals surface area contributed by atoms with Crippen molar-refractivity contribution in [3.63, 3.8) is 0 Å². The molecule has 0 bridgehead atoms. The molecule has 1 aromatic rings. The highest BCUT2D eigenvalue weighted by molar-refractivity contribution is 5.78. The average molecular weight is 216 g/mol. The Balaban J connectivity index is 2.57. The highest BCUT2D eigenvalue weighted by atomic mass is 16.4. The molecule has 1 aromatic carbocycles. The molecule has 0 atom stereocenters. The van der Waals surface area contributed by atoms with Crippen LogP contribution in [0.25, 0.3) is 0 Å². The first-order chi connectivity index (χ1) is 7.59. The van der Waals surface area contributed by atoms with Crippen molar-refractivity contribution in [2.75, 3.05) is 11.9 Å². The number of rotatable bonds is 1. The second-order valence-corrected chi connectivity index (χ2v) is 4.52. The van der Waals surface area contributed by atoms with E-state index in [0.717, 1.165) is 5.70 Å². The van der Waals surface area contributed by atoms with E-state index in [1.54, 1.807) is 0 Å². The molecule has 0 saturated carbocycles. The number of nitrogens with zero attached hydrogens (tertiary/aromatic N) is 2. The Morgan fingerprint density at radius 2 is 2.00 bits per heavy atom. The Morgan fingerprint density at radius 3 is 2.62 bits per heavy atom. The molecule has 0 radical (unpaired) electrons. The van der Waals surface area contributed by atoms with Crippen LogP contribution in [0.2, 0.25) is 0 Å². The van der Waals surface area contributed by atoms with Crippen LogP contribution >= 0.6 is 0 Å².